The number of fused-ring (bicyclic) bond motifs is 1. The van der Waals surface area contributed by atoms with E-state index >= 15 is 0 Å². The number of hydrogen-bond acceptors (Lipinski definition) is 6. The molecule has 1 heterocycles. The van der Waals surface area contributed by atoms with Gasteiger partial charge in [0.15, 0.2) is 0 Å². The number of rotatable bonds is 9. The van der Waals surface area contributed by atoms with E-state index in [0.717, 1.165) is 28.4 Å². The van der Waals surface area contributed by atoms with Gasteiger partial charge in [-0.05, 0) is 43.2 Å². The van der Waals surface area contributed by atoms with Crippen molar-refractivity contribution >= 4 is 50.3 Å². The van der Waals surface area contributed by atoms with Crippen LogP contribution in [0.5, 0.6) is 5.75 Å². The van der Waals surface area contributed by atoms with Crippen LogP contribution in [0.15, 0.2) is 69.0 Å². The quantitative estimate of drug-likeness (QED) is 0.122. The van der Waals surface area contributed by atoms with Crippen molar-refractivity contribution in [3.63, 3.8) is 0 Å². The van der Waals surface area contributed by atoms with E-state index in [1.807, 2.05) is 44.2 Å². The van der Waals surface area contributed by atoms with Gasteiger partial charge in [-0.15, -0.1) is 0 Å². The van der Waals surface area contributed by atoms with E-state index in [4.69, 9.17) is 16.3 Å². The van der Waals surface area contributed by atoms with Gasteiger partial charge in [-0.3, -0.25) is 14.9 Å². The van der Waals surface area contributed by atoms with Crippen molar-refractivity contribution in [2.75, 3.05) is 0 Å². The van der Waals surface area contributed by atoms with Crippen LogP contribution in [0.1, 0.15) is 42.3 Å². The molecular weight excluding hydrogens is 560 g/mol. The predicted octanol–water partition coefficient (Wildman–Crippen LogP) is 6.83. The highest BCUT2D eigenvalue weighted by molar-refractivity contribution is 9.10. The minimum absolute atomic E-state index is 0.0255. The number of nitro groups is 1. The summed E-state index contributed by atoms with van der Waals surface area (Å²) in [5.41, 5.74) is 2.27. The highest BCUT2D eigenvalue weighted by Gasteiger charge is 2.21. The minimum Gasteiger partial charge on any atom is -0.481 e. The van der Waals surface area contributed by atoms with Crippen LogP contribution >= 0.6 is 27.5 Å². The smallest absolute Gasteiger partial charge is 0.313 e. The zero-order chi connectivity index (χ0) is 26.5. The largest absolute Gasteiger partial charge is 0.481 e. The molecule has 0 unspecified atom stereocenters. The summed E-state index contributed by atoms with van der Waals surface area (Å²) in [6, 6.07) is 15.8. The Morgan fingerprint density at radius 2 is 1.95 bits per heavy atom. The van der Waals surface area contributed by atoms with Crippen LogP contribution in [0.2, 0.25) is 5.02 Å². The van der Waals surface area contributed by atoms with Crippen molar-refractivity contribution in [2.45, 2.75) is 39.7 Å². The number of nitro benzene ring substituents is 1. The number of halogens is 2. The van der Waals surface area contributed by atoms with Crippen molar-refractivity contribution in [3.05, 3.63) is 107 Å². The van der Waals surface area contributed by atoms with E-state index in [1.54, 1.807) is 12.1 Å². The van der Waals surface area contributed by atoms with Gasteiger partial charge < -0.3 is 4.74 Å². The van der Waals surface area contributed by atoms with Crippen molar-refractivity contribution in [1.29, 1.82) is 0 Å². The SMILES string of the molecule is CCCCc1nc2ccc(Br)cc2c(=O)n1N=Cc1cc(Cl)c(OCc2ccc(C)cc2)c([N+](=O)[O-])c1. The number of unbranched alkanes of at least 4 members (excludes halogenated alkanes) is 1. The first-order valence-electron chi connectivity index (χ1n) is 11.7. The molecule has 0 fully saturated rings. The van der Waals surface area contributed by atoms with Crippen LogP contribution in [0, 0.1) is 17.0 Å². The summed E-state index contributed by atoms with van der Waals surface area (Å²) < 4.78 is 7.72. The number of nitrogens with zero attached hydrogens (tertiary/aromatic N) is 4. The molecule has 190 valence electrons. The summed E-state index contributed by atoms with van der Waals surface area (Å²) in [6.45, 7) is 4.15. The second kappa shape index (κ2) is 11.7. The Labute approximate surface area is 226 Å². The lowest BCUT2D eigenvalue weighted by Gasteiger charge is -2.11. The lowest BCUT2D eigenvalue weighted by molar-refractivity contribution is -0.385. The zero-order valence-corrected chi connectivity index (χ0v) is 22.6. The van der Waals surface area contributed by atoms with Crippen molar-refractivity contribution in [2.24, 2.45) is 5.10 Å². The molecule has 0 spiro atoms. The standard InChI is InChI=1S/C27H24BrClN4O4/c1-3-4-5-25-31-23-11-10-20(28)14-21(23)27(34)32(25)30-15-19-12-22(29)26(24(13-19)33(35)36)37-16-18-8-6-17(2)7-9-18/h6-15H,3-5,16H2,1-2H3. The molecule has 8 nitrogen and oxygen atoms in total. The van der Waals surface area contributed by atoms with Gasteiger partial charge in [0.1, 0.15) is 12.4 Å². The van der Waals surface area contributed by atoms with Crippen LogP contribution in [-0.2, 0) is 13.0 Å². The monoisotopic (exact) mass is 582 g/mol. The maximum atomic E-state index is 13.3. The summed E-state index contributed by atoms with van der Waals surface area (Å²) in [5, 5.41) is 16.7. The molecule has 0 atom stereocenters. The highest BCUT2D eigenvalue weighted by atomic mass is 79.9. The second-order valence-electron chi connectivity index (χ2n) is 8.54. The predicted molar refractivity (Wildman–Crippen MR) is 149 cm³/mol. The Bertz CT molecular complexity index is 1550. The second-order valence-corrected chi connectivity index (χ2v) is 9.86. The molecule has 0 aliphatic carbocycles. The summed E-state index contributed by atoms with van der Waals surface area (Å²) >= 11 is 9.79. The van der Waals surface area contributed by atoms with Gasteiger partial charge in [-0.2, -0.15) is 9.78 Å². The fourth-order valence-corrected chi connectivity index (χ4v) is 4.37. The lowest BCUT2D eigenvalue weighted by atomic mass is 10.1. The summed E-state index contributed by atoms with van der Waals surface area (Å²) in [5.74, 6) is 0.485. The van der Waals surface area contributed by atoms with Crippen LogP contribution in [0.4, 0.5) is 5.69 Å². The molecular formula is C27H24BrClN4O4. The number of aryl methyl sites for hydroxylation is 2. The van der Waals surface area contributed by atoms with Crippen LogP contribution in [0.25, 0.3) is 10.9 Å². The molecule has 0 bridgehead atoms. The maximum absolute atomic E-state index is 13.3. The highest BCUT2D eigenvalue weighted by Crippen LogP contribution is 2.36. The first-order valence-corrected chi connectivity index (χ1v) is 12.9. The molecule has 1 aromatic heterocycles. The van der Waals surface area contributed by atoms with Gasteiger partial charge in [-0.25, -0.2) is 4.98 Å². The van der Waals surface area contributed by atoms with E-state index in [2.05, 4.69) is 26.0 Å². The van der Waals surface area contributed by atoms with Crippen molar-refractivity contribution < 1.29 is 9.66 Å². The van der Waals surface area contributed by atoms with Gasteiger partial charge in [-0.1, -0.05) is 70.7 Å². The molecule has 4 aromatic rings. The molecule has 0 saturated heterocycles. The number of ether oxygens (including phenoxy) is 1. The number of aromatic nitrogens is 2. The van der Waals surface area contributed by atoms with Crippen LogP contribution in [-0.4, -0.2) is 20.8 Å². The molecule has 0 saturated carbocycles. The molecule has 10 heteroatoms. The Hall–Kier alpha value is -3.56. The minimum atomic E-state index is -0.554. The normalized spacial score (nSPS) is 11.4. The van der Waals surface area contributed by atoms with Crippen LogP contribution < -0.4 is 10.3 Å². The Kier molecular flexibility index (Phi) is 8.35. The van der Waals surface area contributed by atoms with Gasteiger partial charge in [0.2, 0.25) is 5.75 Å². The third kappa shape index (κ3) is 6.23. The summed E-state index contributed by atoms with van der Waals surface area (Å²) in [4.78, 5) is 29.2. The van der Waals surface area contributed by atoms with Crippen LogP contribution in [0.3, 0.4) is 0 Å². The van der Waals surface area contributed by atoms with Gasteiger partial charge in [0.25, 0.3) is 5.56 Å². The van der Waals surface area contributed by atoms with Gasteiger partial charge in [0, 0.05) is 22.5 Å². The molecule has 3 aromatic carbocycles. The van der Waals surface area contributed by atoms with Crippen molar-refractivity contribution in [1.82, 2.24) is 9.66 Å². The molecule has 0 radical (unpaired) electrons. The maximum Gasteiger partial charge on any atom is 0.313 e. The fraction of sp³-hybridized carbons (Fsp3) is 0.222. The zero-order valence-electron chi connectivity index (χ0n) is 20.3. The average Bonchev–Trinajstić information content (AvgIpc) is 2.87. The van der Waals surface area contributed by atoms with E-state index < -0.39 is 4.92 Å². The first-order chi connectivity index (χ1) is 17.8. The van der Waals surface area contributed by atoms with Gasteiger partial charge >= 0.3 is 5.69 Å². The molecule has 0 N–H and O–H groups in total. The van der Waals surface area contributed by atoms with E-state index in [0.29, 0.717) is 28.7 Å². The fourth-order valence-electron chi connectivity index (χ4n) is 3.73. The Balaban J connectivity index is 1.70. The Morgan fingerprint density at radius 3 is 2.65 bits per heavy atom. The molecule has 0 aliphatic rings. The molecule has 4 rings (SSSR count). The molecule has 37 heavy (non-hydrogen) atoms. The number of benzene rings is 3. The molecule has 0 amide bonds. The van der Waals surface area contributed by atoms with E-state index in [1.165, 1.54) is 23.0 Å². The summed E-state index contributed by atoms with van der Waals surface area (Å²) in [6.07, 6.45) is 3.67. The van der Waals surface area contributed by atoms with E-state index in [-0.39, 0.29) is 28.6 Å². The first kappa shape index (κ1) is 26.5. The number of hydrogen-bond donors (Lipinski definition) is 0. The third-order valence-electron chi connectivity index (χ3n) is 5.70. The summed E-state index contributed by atoms with van der Waals surface area (Å²) in [7, 11) is 0. The topological polar surface area (TPSA) is 99.6 Å². The third-order valence-corrected chi connectivity index (χ3v) is 6.47. The van der Waals surface area contributed by atoms with E-state index in [9.17, 15) is 14.9 Å². The Morgan fingerprint density at radius 1 is 1.19 bits per heavy atom. The lowest BCUT2D eigenvalue weighted by Crippen LogP contribution is -2.22. The molecule has 0 aliphatic heterocycles. The average molecular weight is 584 g/mol. The van der Waals surface area contributed by atoms with Crippen molar-refractivity contribution in [3.8, 4) is 5.75 Å². The van der Waals surface area contributed by atoms with Gasteiger partial charge in [0.05, 0.1) is 27.1 Å².